The molecule has 112 valence electrons. The van der Waals surface area contributed by atoms with E-state index in [1.807, 2.05) is 31.2 Å². The first kappa shape index (κ1) is 15.2. The summed E-state index contributed by atoms with van der Waals surface area (Å²) in [6.07, 6.45) is 0.461. The van der Waals surface area contributed by atoms with E-state index in [1.165, 1.54) is 4.68 Å². The van der Waals surface area contributed by atoms with Crippen LogP contribution in [0.1, 0.15) is 34.2 Å². The lowest BCUT2D eigenvalue weighted by atomic mass is 10.1. The van der Waals surface area contributed by atoms with E-state index >= 15 is 0 Å². The lowest BCUT2D eigenvalue weighted by Crippen LogP contribution is -2.12. The second-order valence-corrected chi connectivity index (χ2v) is 4.68. The van der Waals surface area contributed by atoms with Gasteiger partial charge in [-0.05, 0) is 19.4 Å². The van der Waals surface area contributed by atoms with Crippen LogP contribution in [0.3, 0.4) is 0 Å². The van der Waals surface area contributed by atoms with Gasteiger partial charge in [0.1, 0.15) is 6.67 Å². The zero-order valence-electron chi connectivity index (χ0n) is 12.2. The summed E-state index contributed by atoms with van der Waals surface area (Å²) in [7, 11) is 0. The van der Waals surface area contributed by atoms with Crippen molar-refractivity contribution >= 4 is 5.97 Å². The van der Waals surface area contributed by atoms with Gasteiger partial charge in [0.2, 0.25) is 0 Å². The van der Waals surface area contributed by atoms with Crippen molar-refractivity contribution in [3.05, 3.63) is 46.8 Å². The van der Waals surface area contributed by atoms with E-state index < -0.39 is 12.6 Å². The van der Waals surface area contributed by atoms with Gasteiger partial charge in [0.15, 0.2) is 5.69 Å². The Morgan fingerprint density at radius 1 is 1.43 bits per heavy atom. The van der Waals surface area contributed by atoms with Crippen LogP contribution in [-0.4, -0.2) is 34.2 Å². The summed E-state index contributed by atoms with van der Waals surface area (Å²) in [6.45, 7) is 3.50. The van der Waals surface area contributed by atoms with Gasteiger partial charge in [-0.3, -0.25) is 0 Å². The molecule has 0 aliphatic rings. The zero-order chi connectivity index (χ0) is 15.2. The predicted molar refractivity (Wildman–Crippen MR) is 75.9 cm³/mol. The third-order valence-electron chi connectivity index (χ3n) is 3.06. The maximum Gasteiger partial charge on any atom is 0.360 e. The standard InChI is InChI=1S/C15H18FN3O2/c1-3-21-15(20)14-13(19(8-7-16)18-17-14)10-12-6-4-5-11(2)9-12/h4-6,9H,3,7-8,10H2,1-2H3. The van der Waals surface area contributed by atoms with Crippen molar-refractivity contribution in [1.82, 2.24) is 15.0 Å². The van der Waals surface area contributed by atoms with E-state index in [4.69, 9.17) is 4.74 Å². The molecule has 5 nitrogen and oxygen atoms in total. The van der Waals surface area contributed by atoms with Crippen molar-refractivity contribution < 1.29 is 13.9 Å². The van der Waals surface area contributed by atoms with Crippen molar-refractivity contribution in [2.24, 2.45) is 0 Å². The van der Waals surface area contributed by atoms with E-state index in [1.54, 1.807) is 6.92 Å². The number of carbonyl (C=O) groups is 1. The van der Waals surface area contributed by atoms with Gasteiger partial charge in [-0.1, -0.05) is 35.0 Å². The molecule has 0 saturated heterocycles. The number of carbonyl (C=O) groups excluding carboxylic acids is 1. The fourth-order valence-electron chi connectivity index (χ4n) is 2.14. The van der Waals surface area contributed by atoms with Gasteiger partial charge in [0.25, 0.3) is 0 Å². The average molecular weight is 291 g/mol. The Kier molecular flexibility index (Phi) is 5.03. The molecule has 0 amide bonds. The first-order valence-electron chi connectivity index (χ1n) is 6.86. The van der Waals surface area contributed by atoms with Crippen LogP contribution < -0.4 is 0 Å². The Morgan fingerprint density at radius 3 is 2.90 bits per heavy atom. The molecular formula is C15H18FN3O2. The number of nitrogens with zero attached hydrogens (tertiary/aromatic N) is 3. The molecule has 1 aromatic heterocycles. The van der Waals surface area contributed by atoms with Gasteiger partial charge in [0, 0.05) is 6.42 Å². The topological polar surface area (TPSA) is 57.0 Å². The molecule has 0 aliphatic carbocycles. The van der Waals surface area contributed by atoms with Crippen LogP contribution in [0.2, 0.25) is 0 Å². The van der Waals surface area contributed by atoms with E-state index in [9.17, 15) is 9.18 Å². The number of alkyl halides is 1. The summed E-state index contributed by atoms with van der Waals surface area (Å²) in [5.74, 6) is -0.523. The Labute approximate surface area is 122 Å². The van der Waals surface area contributed by atoms with E-state index in [0.29, 0.717) is 12.1 Å². The average Bonchev–Trinajstić information content (AvgIpc) is 2.83. The van der Waals surface area contributed by atoms with E-state index in [2.05, 4.69) is 10.3 Å². The Balaban J connectivity index is 2.34. The maximum atomic E-state index is 12.6. The highest BCUT2D eigenvalue weighted by Crippen LogP contribution is 2.15. The SMILES string of the molecule is CCOC(=O)c1nnn(CCF)c1Cc1cccc(C)c1. The van der Waals surface area contributed by atoms with Crippen molar-refractivity contribution in [2.75, 3.05) is 13.3 Å². The molecule has 0 saturated carbocycles. The molecule has 0 N–H and O–H groups in total. The van der Waals surface area contributed by atoms with Crippen molar-refractivity contribution in [1.29, 1.82) is 0 Å². The zero-order valence-corrected chi connectivity index (χ0v) is 12.2. The van der Waals surface area contributed by atoms with E-state index in [-0.39, 0.29) is 18.8 Å². The van der Waals surface area contributed by atoms with Crippen molar-refractivity contribution in [2.45, 2.75) is 26.8 Å². The summed E-state index contributed by atoms with van der Waals surface area (Å²) in [4.78, 5) is 11.9. The number of hydrogen-bond acceptors (Lipinski definition) is 4. The van der Waals surface area contributed by atoms with Gasteiger partial charge in [0.05, 0.1) is 18.8 Å². The molecule has 6 heteroatoms. The summed E-state index contributed by atoms with van der Waals surface area (Å²) < 4.78 is 19.0. The highest BCUT2D eigenvalue weighted by molar-refractivity contribution is 5.88. The highest BCUT2D eigenvalue weighted by Gasteiger charge is 2.21. The molecular weight excluding hydrogens is 273 g/mol. The number of hydrogen-bond donors (Lipinski definition) is 0. The number of rotatable bonds is 6. The molecule has 0 spiro atoms. The molecule has 0 bridgehead atoms. The van der Waals surface area contributed by atoms with Crippen molar-refractivity contribution in [3.8, 4) is 0 Å². The molecule has 1 heterocycles. The third kappa shape index (κ3) is 3.65. The number of aryl methyl sites for hydroxylation is 2. The fraction of sp³-hybridized carbons (Fsp3) is 0.400. The van der Waals surface area contributed by atoms with Crippen LogP contribution >= 0.6 is 0 Å². The molecule has 0 radical (unpaired) electrons. The number of halogens is 1. The van der Waals surface area contributed by atoms with Gasteiger partial charge < -0.3 is 4.74 Å². The first-order valence-corrected chi connectivity index (χ1v) is 6.86. The molecule has 21 heavy (non-hydrogen) atoms. The minimum Gasteiger partial charge on any atom is -0.461 e. The summed E-state index contributed by atoms with van der Waals surface area (Å²) in [6, 6.07) is 7.90. The van der Waals surface area contributed by atoms with Crippen LogP contribution in [0.5, 0.6) is 0 Å². The van der Waals surface area contributed by atoms with Gasteiger partial charge in [-0.25, -0.2) is 13.9 Å². The minimum absolute atomic E-state index is 0.0769. The molecule has 0 aliphatic heterocycles. The molecule has 0 atom stereocenters. The number of ether oxygens (including phenoxy) is 1. The second kappa shape index (κ2) is 6.97. The smallest absolute Gasteiger partial charge is 0.360 e. The van der Waals surface area contributed by atoms with Crippen LogP contribution in [0, 0.1) is 6.92 Å². The van der Waals surface area contributed by atoms with Gasteiger partial charge >= 0.3 is 5.97 Å². The lowest BCUT2D eigenvalue weighted by molar-refractivity contribution is 0.0518. The molecule has 0 unspecified atom stereocenters. The third-order valence-corrected chi connectivity index (χ3v) is 3.06. The summed E-state index contributed by atoms with van der Waals surface area (Å²) in [5, 5.41) is 7.70. The Morgan fingerprint density at radius 2 is 2.24 bits per heavy atom. The predicted octanol–water partition coefficient (Wildman–Crippen LogP) is 2.32. The normalized spacial score (nSPS) is 10.6. The highest BCUT2D eigenvalue weighted by atomic mass is 19.1. The van der Waals surface area contributed by atoms with Crippen LogP contribution in [-0.2, 0) is 17.7 Å². The van der Waals surface area contributed by atoms with Gasteiger partial charge in [-0.2, -0.15) is 0 Å². The molecule has 2 rings (SSSR count). The monoisotopic (exact) mass is 291 g/mol. The lowest BCUT2D eigenvalue weighted by Gasteiger charge is -2.07. The molecule has 2 aromatic rings. The van der Waals surface area contributed by atoms with E-state index in [0.717, 1.165) is 11.1 Å². The first-order chi connectivity index (χ1) is 10.2. The molecule has 1 aromatic carbocycles. The quantitative estimate of drug-likeness (QED) is 0.766. The van der Waals surface area contributed by atoms with Gasteiger partial charge in [-0.15, -0.1) is 5.10 Å². The maximum absolute atomic E-state index is 12.6. The summed E-state index contributed by atoms with van der Waals surface area (Å²) in [5.41, 5.74) is 2.88. The Bertz CT molecular complexity index is 625. The second-order valence-electron chi connectivity index (χ2n) is 4.68. The minimum atomic E-state index is -0.563. The summed E-state index contributed by atoms with van der Waals surface area (Å²) >= 11 is 0. The van der Waals surface area contributed by atoms with Crippen LogP contribution in [0.25, 0.3) is 0 Å². The number of aromatic nitrogens is 3. The Hall–Kier alpha value is -2.24. The fourth-order valence-corrected chi connectivity index (χ4v) is 2.14. The van der Waals surface area contributed by atoms with Crippen LogP contribution in [0.4, 0.5) is 4.39 Å². The number of esters is 1. The number of benzene rings is 1. The largest absolute Gasteiger partial charge is 0.461 e. The van der Waals surface area contributed by atoms with Crippen molar-refractivity contribution in [3.63, 3.8) is 0 Å². The molecule has 0 fully saturated rings. The van der Waals surface area contributed by atoms with Crippen LogP contribution in [0.15, 0.2) is 24.3 Å².